The Kier molecular flexibility index (Phi) is 26.2. The van der Waals surface area contributed by atoms with Crippen molar-refractivity contribution >= 4 is 0 Å². The monoisotopic (exact) mass is 416 g/mol. The van der Waals surface area contributed by atoms with Gasteiger partial charge in [-0.1, -0.05) is 143 Å². The molecule has 0 saturated heterocycles. The minimum absolute atomic E-state index is 0.872. The van der Waals surface area contributed by atoms with Crippen molar-refractivity contribution in [1.82, 2.24) is 0 Å². The van der Waals surface area contributed by atoms with Gasteiger partial charge in [-0.3, -0.25) is 0 Å². The molecule has 0 saturated carbocycles. The highest BCUT2D eigenvalue weighted by Crippen LogP contribution is 2.16. The fourth-order valence-electron chi connectivity index (χ4n) is 4.22. The molecule has 0 fully saturated rings. The molecule has 2 radical (unpaired) electrons. The van der Waals surface area contributed by atoms with Gasteiger partial charge in [0.2, 0.25) is 0 Å². The third kappa shape index (κ3) is 25.6. The van der Waals surface area contributed by atoms with E-state index in [0.29, 0.717) is 0 Å². The Morgan fingerprint density at radius 1 is 0.433 bits per heavy atom. The van der Waals surface area contributed by atoms with E-state index in [1.807, 2.05) is 0 Å². The molecule has 0 aliphatic carbocycles. The molecule has 0 aromatic heterocycles. The summed E-state index contributed by atoms with van der Waals surface area (Å²) in [7, 11) is 0. The van der Waals surface area contributed by atoms with Gasteiger partial charge in [0.1, 0.15) is 0 Å². The zero-order chi connectivity index (χ0) is 22.0. The summed E-state index contributed by atoms with van der Waals surface area (Å²) in [6.07, 6.45) is 32.4. The molecule has 0 spiro atoms. The molecule has 0 nitrogen and oxygen atoms in total. The van der Waals surface area contributed by atoms with Crippen molar-refractivity contribution in [2.45, 2.75) is 161 Å². The van der Waals surface area contributed by atoms with E-state index in [2.05, 4.69) is 32.6 Å². The summed E-state index contributed by atoms with van der Waals surface area (Å²) >= 11 is 0. The van der Waals surface area contributed by atoms with Crippen molar-refractivity contribution in [3.8, 4) is 11.8 Å². The van der Waals surface area contributed by atoms with Gasteiger partial charge in [0.25, 0.3) is 0 Å². The summed E-state index contributed by atoms with van der Waals surface area (Å²) in [4.78, 5) is 0. The second-order valence-corrected chi connectivity index (χ2v) is 9.61. The van der Waals surface area contributed by atoms with Crippen LogP contribution in [0.3, 0.4) is 0 Å². The van der Waals surface area contributed by atoms with E-state index >= 15 is 0 Å². The SMILES string of the molecule is [CH2]CCCCCCCCCCCCCCCCCC#CCCCC(C)CCCC[CH2]. The predicted octanol–water partition coefficient (Wildman–Crippen LogP) is 10.7. The number of hydrogen-bond acceptors (Lipinski definition) is 0. The summed E-state index contributed by atoms with van der Waals surface area (Å²) in [5, 5.41) is 0. The van der Waals surface area contributed by atoms with Crippen molar-refractivity contribution in [3.05, 3.63) is 13.8 Å². The fourth-order valence-corrected chi connectivity index (χ4v) is 4.22. The third-order valence-corrected chi connectivity index (χ3v) is 6.37. The topological polar surface area (TPSA) is 0 Å². The number of unbranched alkanes of at least 4 members (excludes halogenated alkanes) is 19. The lowest BCUT2D eigenvalue weighted by molar-refractivity contribution is 0.456. The molecule has 0 N–H and O–H groups in total. The third-order valence-electron chi connectivity index (χ3n) is 6.37. The summed E-state index contributed by atoms with van der Waals surface area (Å²) in [5.41, 5.74) is 0. The molecule has 0 rings (SSSR count). The summed E-state index contributed by atoms with van der Waals surface area (Å²) < 4.78 is 0. The Balaban J connectivity index is 3.15. The van der Waals surface area contributed by atoms with Crippen molar-refractivity contribution in [1.29, 1.82) is 0 Å². The van der Waals surface area contributed by atoms with Crippen molar-refractivity contribution < 1.29 is 0 Å². The number of hydrogen-bond donors (Lipinski definition) is 0. The molecule has 0 aliphatic rings. The van der Waals surface area contributed by atoms with Crippen molar-refractivity contribution in [3.63, 3.8) is 0 Å². The predicted molar refractivity (Wildman–Crippen MR) is 138 cm³/mol. The molecule has 30 heavy (non-hydrogen) atoms. The standard InChI is InChI=1S/C30H56/c1-4-6-8-9-10-11-12-13-14-15-16-17-18-19-20-21-22-23-24-25-27-29-30(3)28-26-7-5-2/h30H,1-2,4-22,25-29H2,3H3. The highest BCUT2D eigenvalue weighted by molar-refractivity contribution is 4.98. The van der Waals surface area contributed by atoms with Crippen LogP contribution in [0.2, 0.25) is 0 Å². The Bertz CT molecular complexity index is 358. The van der Waals surface area contributed by atoms with Gasteiger partial charge in [0, 0.05) is 12.8 Å². The van der Waals surface area contributed by atoms with Crippen LogP contribution >= 0.6 is 0 Å². The molecular formula is C30H56. The molecule has 0 aliphatic heterocycles. The quantitative estimate of drug-likeness (QED) is 0.115. The lowest BCUT2D eigenvalue weighted by Gasteiger charge is -2.09. The molecule has 0 aromatic rings. The Labute approximate surface area is 192 Å². The maximum Gasteiger partial charge on any atom is 0.00887 e. The Hall–Kier alpha value is -0.440. The number of rotatable bonds is 23. The molecule has 0 aromatic carbocycles. The van der Waals surface area contributed by atoms with Crippen molar-refractivity contribution in [2.24, 2.45) is 5.92 Å². The zero-order valence-electron chi connectivity index (χ0n) is 21.0. The summed E-state index contributed by atoms with van der Waals surface area (Å²) in [6, 6.07) is 0. The van der Waals surface area contributed by atoms with Crippen LogP contribution < -0.4 is 0 Å². The van der Waals surface area contributed by atoms with E-state index in [9.17, 15) is 0 Å². The van der Waals surface area contributed by atoms with E-state index in [4.69, 9.17) is 0 Å². The van der Waals surface area contributed by atoms with Crippen LogP contribution in [-0.2, 0) is 0 Å². The van der Waals surface area contributed by atoms with E-state index in [-0.39, 0.29) is 0 Å². The zero-order valence-corrected chi connectivity index (χ0v) is 21.0. The van der Waals surface area contributed by atoms with Crippen LogP contribution in [0.1, 0.15) is 161 Å². The summed E-state index contributed by atoms with van der Waals surface area (Å²) in [5.74, 6) is 7.67. The molecule has 1 atom stereocenters. The average Bonchev–Trinajstić information content (AvgIpc) is 2.75. The normalized spacial score (nSPS) is 12.0. The second kappa shape index (κ2) is 26.6. The maximum atomic E-state index is 3.92. The lowest BCUT2D eigenvalue weighted by Crippen LogP contribution is -1.94. The van der Waals surface area contributed by atoms with E-state index in [1.54, 1.807) is 0 Å². The second-order valence-electron chi connectivity index (χ2n) is 9.61. The van der Waals surface area contributed by atoms with E-state index < -0.39 is 0 Å². The van der Waals surface area contributed by atoms with Gasteiger partial charge >= 0.3 is 0 Å². The minimum atomic E-state index is 0.872. The van der Waals surface area contributed by atoms with Gasteiger partial charge in [-0.2, -0.15) is 0 Å². The first-order valence-electron chi connectivity index (χ1n) is 13.9. The first kappa shape index (κ1) is 29.6. The van der Waals surface area contributed by atoms with Crippen LogP contribution in [0.25, 0.3) is 0 Å². The van der Waals surface area contributed by atoms with Crippen LogP contribution in [0.4, 0.5) is 0 Å². The molecule has 176 valence electrons. The first-order valence-corrected chi connectivity index (χ1v) is 13.9. The van der Waals surface area contributed by atoms with E-state index in [0.717, 1.165) is 31.6 Å². The lowest BCUT2D eigenvalue weighted by atomic mass is 9.97. The van der Waals surface area contributed by atoms with Crippen LogP contribution in [0.5, 0.6) is 0 Å². The molecule has 0 amide bonds. The minimum Gasteiger partial charge on any atom is -0.103 e. The van der Waals surface area contributed by atoms with Gasteiger partial charge in [0.15, 0.2) is 0 Å². The largest absolute Gasteiger partial charge is 0.103 e. The summed E-state index contributed by atoms with van der Waals surface area (Å²) in [6.45, 7) is 10.2. The smallest absolute Gasteiger partial charge is 0.00887 e. The van der Waals surface area contributed by atoms with Gasteiger partial charge in [-0.25, -0.2) is 0 Å². The molecular weight excluding hydrogens is 360 g/mol. The molecule has 0 bridgehead atoms. The van der Waals surface area contributed by atoms with Crippen molar-refractivity contribution in [2.75, 3.05) is 0 Å². The highest BCUT2D eigenvalue weighted by Gasteiger charge is 2.00. The van der Waals surface area contributed by atoms with Crippen LogP contribution in [-0.4, -0.2) is 0 Å². The van der Waals surface area contributed by atoms with Gasteiger partial charge < -0.3 is 0 Å². The van der Waals surface area contributed by atoms with Gasteiger partial charge in [-0.05, 0) is 25.2 Å². The molecule has 1 unspecified atom stereocenters. The first-order chi connectivity index (χ1) is 14.8. The van der Waals surface area contributed by atoms with Gasteiger partial charge in [0.05, 0.1) is 0 Å². The Morgan fingerprint density at radius 2 is 0.767 bits per heavy atom. The highest BCUT2D eigenvalue weighted by atomic mass is 14.1. The van der Waals surface area contributed by atoms with Crippen LogP contribution in [0.15, 0.2) is 0 Å². The molecule has 0 heterocycles. The van der Waals surface area contributed by atoms with Gasteiger partial charge in [-0.15, -0.1) is 11.8 Å². The maximum absolute atomic E-state index is 3.92. The average molecular weight is 417 g/mol. The Morgan fingerprint density at radius 3 is 1.23 bits per heavy atom. The molecule has 0 heteroatoms. The van der Waals surface area contributed by atoms with Crippen LogP contribution in [0, 0.1) is 31.6 Å². The fraction of sp³-hybridized carbons (Fsp3) is 0.867. The van der Waals surface area contributed by atoms with E-state index in [1.165, 1.54) is 128 Å².